The largest absolute Gasteiger partial charge is 0.324 e. The molecule has 1 fully saturated rings. The fourth-order valence-electron chi connectivity index (χ4n) is 3.07. The van der Waals surface area contributed by atoms with Crippen molar-refractivity contribution in [3.05, 3.63) is 53.4 Å². The quantitative estimate of drug-likeness (QED) is 0.789. The molecule has 0 radical (unpaired) electrons. The molecule has 1 aliphatic carbocycles. The van der Waals surface area contributed by atoms with Crippen molar-refractivity contribution >= 4 is 22.6 Å². The van der Waals surface area contributed by atoms with Crippen LogP contribution in [0.2, 0.25) is 0 Å². The molecule has 7 heteroatoms. The summed E-state index contributed by atoms with van der Waals surface area (Å²) in [5, 5.41) is 7.99. The minimum absolute atomic E-state index is 0.0511. The first-order valence-corrected chi connectivity index (χ1v) is 8.10. The van der Waals surface area contributed by atoms with Crippen LogP contribution in [0.4, 0.5) is 14.5 Å². The molecule has 0 atom stereocenters. The lowest BCUT2D eigenvalue weighted by Gasteiger charge is -2.07. The lowest BCUT2D eigenvalue weighted by molar-refractivity contribution is -0.116. The van der Waals surface area contributed by atoms with Gasteiger partial charge in [-0.2, -0.15) is 5.10 Å². The molecule has 1 aliphatic rings. The lowest BCUT2D eigenvalue weighted by Crippen LogP contribution is -2.20. The Kier molecular flexibility index (Phi) is 3.71. The number of carbonyl (C=O) groups excluding carboxylic acids is 1. The van der Waals surface area contributed by atoms with Crippen molar-refractivity contribution in [1.29, 1.82) is 0 Å². The molecule has 4 rings (SSSR count). The fourth-order valence-corrected chi connectivity index (χ4v) is 3.07. The Morgan fingerprint density at radius 2 is 2.08 bits per heavy atom. The van der Waals surface area contributed by atoms with Gasteiger partial charge in [0, 0.05) is 23.3 Å². The second-order valence-electron chi connectivity index (χ2n) is 6.29. The van der Waals surface area contributed by atoms with E-state index in [2.05, 4.69) is 15.4 Å². The Morgan fingerprint density at radius 3 is 2.80 bits per heavy atom. The van der Waals surface area contributed by atoms with Crippen molar-refractivity contribution in [2.75, 3.05) is 5.32 Å². The maximum atomic E-state index is 13.2. The van der Waals surface area contributed by atoms with E-state index in [0.717, 1.165) is 23.2 Å². The molecule has 128 valence electrons. The molecule has 25 heavy (non-hydrogen) atoms. The topological polar surface area (TPSA) is 59.8 Å². The Balaban J connectivity index is 1.59. The third-order valence-electron chi connectivity index (χ3n) is 4.35. The van der Waals surface area contributed by atoms with Crippen molar-refractivity contribution in [1.82, 2.24) is 14.8 Å². The number of nitrogens with zero attached hydrogens (tertiary/aromatic N) is 3. The van der Waals surface area contributed by atoms with Crippen molar-refractivity contribution < 1.29 is 13.6 Å². The highest BCUT2D eigenvalue weighted by molar-refractivity contribution is 5.92. The number of aryl methyl sites for hydroxylation is 1. The van der Waals surface area contributed by atoms with Crippen LogP contribution in [0.25, 0.3) is 11.0 Å². The Bertz CT molecular complexity index is 979. The van der Waals surface area contributed by atoms with E-state index in [-0.39, 0.29) is 18.1 Å². The number of rotatable bonds is 4. The van der Waals surface area contributed by atoms with Gasteiger partial charge in [-0.1, -0.05) is 0 Å². The molecule has 1 saturated carbocycles. The van der Waals surface area contributed by atoms with Gasteiger partial charge in [-0.25, -0.2) is 18.4 Å². The van der Waals surface area contributed by atoms with Gasteiger partial charge in [-0.05, 0) is 49.4 Å². The Labute approximate surface area is 142 Å². The minimum atomic E-state index is -1.01. The Morgan fingerprint density at radius 1 is 1.28 bits per heavy atom. The summed E-state index contributed by atoms with van der Waals surface area (Å²) in [6.07, 6.45) is 4.07. The fraction of sp³-hybridized carbons (Fsp3) is 0.278. The van der Waals surface area contributed by atoms with Crippen LogP contribution in [0.1, 0.15) is 30.0 Å². The molecular weight excluding hydrogens is 326 g/mol. The van der Waals surface area contributed by atoms with Crippen molar-refractivity contribution in [3.8, 4) is 0 Å². The first-order valence-electron chi connectivity index (χ1n) is 8.10. The van der Waals surface area contributed by atoms with Crippen LogP contribution >= 0.6 is 0 Å². The van der Waals surface area contributed by atoms with E-state index in [1.807, 2.05) is 13.0 Å². The van der Waals surface area contributed by atoms with Crippen molar-refractivity contribution in [3.63, 3.8) is 0 Å². The van der Waals surface area contributed by atoms with E-state index in [9.17, 15) is 13.6 Å². The zero-order valence-electron chi connectivity index (χ0n) is 13.6. The highest BCUT2D eigenvalue weighted by Gasteiger charge is 2.27. The van der Waals surface area contributed by atoms with E-state index < -0.39 is 11.6 Å². The predicted octanol–water partition coefficient (Wildman–Crippen LogP) is 3.53. The van der Waals surface area contributed by atoms with E-state index >= 15 is 0 Å². The molecule has 0 saturated heterocycles. The highest BCUT2D eigenvalue weighted by Crippen LogP contribution is 2.43. The molecule has 5 nitrogen and oxygen atoms in total. The number of amides is 1. The molecular formula is C18H16F2N4O. The second-order valence-corrected chi connectivity index (χ2v) is 6.29. The number of fused-ring (bicyclic) bond motifs is 1. The Hall–Kier alpha value is -2.83. The van der Waals surface area contributed by atoms with Gasteiger partial charge in [0.15, 0.2) is 17.3 Å². The maximum absolute atomic E-state index is 13.2. The normalized spacial score (nSPS) is 14.0. The van der Waals surface area contributed by atoms with Gasteiger partial charge < -0.3 is 5.32 Å². The average molecular weight is 342 g/mol. The first kappa shape index (κ1) is 15.7. The lowest BCUT2D eigenvalue weighted by atomic mass is 10.1. The smallest absolute Gasteiger partial charge is 0.246 e. The third-order valence-corrected chi connectivity index (χ3v) is 4.35. The molecule has 1 amide bonds. The van der Waals surface area contributed by atoms with Gasteiger partial charge in [0.1, 0.15) is 6.54 Å². The summed E-state index contributed by atoms with van der Waals surface area (Å²) in [6.45, 7) is 1.85. The zero-order valence-corrected chi connectivity index (χ0v) is 13.6. The van der Waals surface area contributed by atoms with E-state index in [4.69, 9.17) is 0 Å². The highest BCUT2D eigenvalue weighted by atomic mass is 19.2. The van der Waals surface area contributed by atoms with Crippen molar-refractivity contribution in [2.45, 2.75) is 32.2 Å². The van der Waals surface area contributed by atoms with Gasteiger partial charge >= 0.3 is 0 Å². The molecule has 1 aromatic carbocycles. The molecule has 0 spiro atoms. The standard InChI is InChI=1S/C18H16F2N4O/c1-10-17-13(11-2-3-11)6-7-21-18(17)24(23-10)9-16(25)22-12-4-5-14(19)15(20)8-12/h4-8,11H,2-3,9H2,1H3,(H,22,25). The zero-order chi connectivity index (χ0) is 17.6. The van der Waals surface area contributed by atoms with Gasteiger partial charge in [-0.3, -0.25) is 4.79 Å². The number of benzene rings is 1. The van der Waals surface area contributed by atoms with Crippen LogP contribution in [-0.4, -0.2) is 20.7 Å². The summed E-state index contributed by atoms with van der Waals surface area (Å²) in [5.41, 5.74) is 2.94. The molecule has 2 heterocycles. The maximum Gasteiger partial charge on any atom is 0.246 e. The predicted molar refractivity (Wildman–Crippen MR) is 89.2 cm³/mol. The molecule has 2 aromatic heterocycles. The molecule has 0 bridgehead atoms. The third kappa shape index (κ3) is 2.97. The summed E-state index contributed by atoms with van der Waals surface area (Å²) in [5.74, 6) is -1.79. The molecule has 3 aromatic rings. The minimum Gasteiger partial charge on any atom is -0.324 e. The van der Waals surface area contributed by atoms with Crippen LogP contribution in [0.5, 0.6) is 0 Å². The van der Waals surface area contributed by atoms with Gasteiger partial charge in [0.05, 0.1) is 5.69 Å². The van der Waals surface area contributed by atoms with Crippen LogP contribution in [0.3, 0.4) is 0 Å². The van der Waals surface area contributed by atoms with E-state index in [0.29, 0.717) is 11.6 Å². The monoisotopic (exact) mass is 342 g/mol. The number of carbonyl (C=O) groups is 1. The number of aromatic nitrogens is 3. The van der Waals surface area contributed by atoms with Gasteiger partial charge in [0.2, 0.25) is 5.91 Å². The van der Waals surface area contributed by atoms with Crippen LogP contribution in [-0.2, 0) is 11.3 Å². The summed E-state index contributed by atoms with van der Waals surface area (Å²) < 4.78 is 27.7. The number of halogens is 2. The van der Waals surface area contributed by atoms with E-state index in [1.165, 1.54) is 24.5 Å². The van der Waals surface area contributed by atoms with Crippen LogP contribution in [0, 0.1) is 18.6 Å². The number of hydrogen-bond donors (Lipinski definition) is 1. The SMILES string of the molecule is Cc1nn(CC(=O)Nc2ccc(F)c(F)c2)c2nccc(C3CC3)c12. The summed E-state index contributed by atoms with van der Waals surface area (Å²) >= 11 is 0. The van der Waals surface area contributed by atoms with Gasteiger partial charge in [-0.15, -0.1) is 0 Å². The number of hydrogen-bond acceptors (Lipinski definition) is 3. The number of nitrogens with one attached hydrogen (secondary N) is 1. The molecule has 0 aliphatic heterocycles. The second kappa shape index (κ2) is 5.91. The average Bonchev–Trinajstić information content (AvgIpc) is 3.37. The molecule has 1 N–H and O–H groups in total. The number of anilines is 1. The summed E-state index contributed by atoms with van der Waals surface area (Å²) in [7, 11) is 0. The van der Waals surface area contributed by atoms with Crippen LogP contribution in [0.15, 0.2) is 30.5 Å². The summed E-state index contributed by atoms with van der Waals surface area (Å²) in [6, 6.07) is 5.25. The number of pyridine rings is 1. The first-order chi connectivity index (χ1) is 12.0. The van der Waals surface area contributed by atoms with Crippen LogP contribution < -0.4 is 5.32 Å². The van der Waals surface area contributed by atoms with Crippen molar-refractivity contribution in [2.24, 2.45) is 0 Å². The van der Waals surface area contributed by atoms with E-state index in [1.54, 1.807) is 10.9 Å². The van der Waals surface area contributed by atoms with Gasteiger partial charge in [0.25, 0.3) is 0 Å². The molecule has 0 unspecified atom stereocenters. The summed E-state index contributed by atoms with van der Waals surface area (Å²) in [4.78, 5) is 16.6.